The van der Waals surface area contributed by atoms with Crippen LogP contribution in [-0.4, -0.2) is 32.5 Å². The lowest BCUT2D eigenvalue weighted by molar-refractivity contribution is 0.593. The molecule has 0 spiro atoms. The van der Waals surface area contributed by atoms with Crippen LogP contribution < -0.4 is 4.90 Å². The normalized spacial score (nSPS) is 17.9. The van der Waals surface area contributed by atoms with Crippen LogP contribution >= 0.6 is 15.9 Å². The Labute approximate surface area is 109 Å². The molecule has 0 aliphatic carbocycles. The van der Waals surface area contributed by atoms with E-state index >= 15 is 0 Å². The van der Waals surface area contributed by atoms with Crippen LogP contribution in [0.1, 0.15) is 18.5 Å². The molecule has 0 N–H and O–H groups in total. The van der Waals surface area contributed by atoms with Crippen molar-refractivity contribution in [3.8, 4) is 0 Å². The van der Waals surface area contributed by atoms with Crippen molar-refractivity contribution in [1.82, 2.24) is 14.6 Å². The molecule has 0 radical (unpaired) electrons. The van der Waals surface area contributed by atoms with Crippen LogP contribution in [0.2, 0.25) is 0 Å². The zero-order valence-electron chi connectivity index (χ0n) is 9.80. The highest BCUT2D eigenvalue weighted by atomic mass is 79.9. The van der Waals surface area contributed by atoms with E-state index in [1.807, 2.05) is 23.8 Å². The quantitative estimate of drug-likeness (QED) is 0.758. The Morgan fingerprint density at radius 3 is 2.88 bits per heavy atom. The van der Waals surface area contributed by atoms with Crippen molar-refractivity contribution >= 4 is 27.3 Å². The van der Waals surface area contributed by atoms with Crippen LogP contribution in [0, 0.1) is 6.92 Å². The SMILES string of the molecule is Cc1cc2c(N3CCC(Br)CC3)nccn2n1. The zero-order chi connectivity index (χ0) is 11.8. The van der Waals surface area contributed by atoms with Gasteiger partial charge in [-0.05, 0) is 25.8 Å². The molecule has 0 bridgehead atoms. The zero-order valence-corrected chi connectivity index (χ0v) is 11.4. The molecular weight excluding hydrogens is 280 g/mol. The molecular formula is C12H15BrN4. The first kappa shape index (κ1) is 11.0. The highest BCUT2D eigenvalue weighted by Gasteiger charge is 2.20. The molecule has 90 valence electrons. The molecule has 0 unspecified atom stereocenters. The first-order valence-electron chi connectivity index (χ1n) is 5.94. The summed E-state index contributed by atoms with van der Waals surface area (Å²) in [6, 6.07) is 2.10. The Hall–Kier alpha value is -1.10. The fourth-order valence-electron chi connectivity index (χ4n) is 2.33. The number of rotatable bonds is 1. The minimum absolute atomic E-state index is 0.658. The molecule has 0 amide bonds. The second-order valence-corrected chi connectivity index (χ2v) is 5.82. The maximum atomic E-state index is 4.52. The van der Waals surface area contributed by atoms with Crippen LogP contribution in [0.3, 0.4) is 0 Å². The molecule has 3 rings (SSSR count). The maximum absolute atomic E-state index is 4.52. The number of nitrogens with zero attached hydrogens (tertiary/aromatic N) is 4. The lowest BCUT2D eigenvalue weighted by Crippen LogP contribution is -2.34. The largest absolute Gasteiger partial charge is 0.355 e. The summed E-state index contributed by atoms with van der Waals surface area (Å²) in [6.45, 7) is 4.14. The molecule has 2 aromatic heterocycles. The predicted molar refractivity (Wildman–Crippen MR) is 71.9 cm³/mol. The van der Waals surface area contributed by atoms with E-state index in [1.54, 1.807) is 0 Å². The molecule has 1 saturated heterocycles. The molecule has 17 heavy (non-hydrogen) atoms. The standard InChI is InChI=1S/C12H15BrN4/c1-9-8-11-12(14-4-7-17(11)15-9)16-5-2-10(13)3-6-16/h4,7-8,10H,2-3,5-6H2,1H3. The highest BCUT2D eigenvalue weighted by Crippen LogP contribution is 2.25. The van der Waals surface area contributed by atoms with E-state index < -0.39 is 0 Å². The van der Waals surface area contributed by atoms with Gasteiger partial charge in [-0.2, -0.15) is 5.10 Å². The van der Waals surface area contributed by atoms with Gasteiger partial charge < -0.3 is 4.90 Å². The van der Waals surface area contributed by atoms with Crippen molar-refractivity contribution < 1.29 is 0 Å². The summed E-state index contributed by atoms with van der Waals surface area (Å²) in [5.41, 5.74) is 2.15. The smallest absolute Gasteiger partial charge is 0.154 e. The minimum atomic E-state index is 0.658. The van der Waals surface area contributed by atoms with Crippen LogP contribution in [0.4, 0.5) is 5.82 Å². The molecule has 1 aliphatic heterocycles. The average Bonchev–Trinajstić information content (AvgIpc) is 2.70. The van der Waals surface area contributed by atoms with Crippen LogP contribution in [0.15, 0.2) is 18.5 Å². The molecule has 0 aromatic carbocycles. The summed E-state index contributed by atoms with van der Waals surface area (Å²) in [6.07, 6.45) is 6.09. The Bertz CT molecular complexity index is 528. The van der Waals surface area contributed by atoms with E-state index in [0.717, 1.165) is 30.1 Å². The third-order valence-electron chi connectivity index (χ3n) is 3.22. The van der Waals surface area contributed by atoms with Gasteiger partial charge in [0.25, 0.3) is 0 Å². The number of hydrogen-bond acceptors (Lipinski definition) is 3. The lowest BCUT2D eigenvalue weighted by atomic mass is 10.1. The van der Waals surface area contributed by atoms with Gasteiger partial charge in [0.05, 0.1) is 5.69 Å². The molecule has 2 aromatic rings. The molecule has 3 heterocycles. The summed E-state index contributed by atoms with van der Waals surface area (Å²) >= 11 is 3.68. The van der Waals surface area contributed by atoms with E-state index in [4.69, 9.17) is 0 Å². The van der Waals surface area contributed by atoms with Gasteiger partial charge in [-0.15, -0.1) is 0 Å². The Kier molecular flexibility index (Phi) is 2.78. The number of piperidine rings is 1. The topological polar surface area (TPSA) is 33.4 Å². The number of hydrogen-bond donors (Lipinski definition) is 0. The summed E-state index contributed by atoms with van der Waals surface area (Å²) in [5.74, 6) is 1.06. The fourth-order valence-corrected chi connectivity index (χ4v) is 2.74. The first-order valence-corrected chi connectivity index (χ1v) is 6.85. The second kappa shape index (κ2) is 4.29. The minimum Gasteiger partial charge on any atom is -0.355 e. The first-order chi connectivity index (χ1) is 8.24. The molecule has 5 heteroatoms. The molecule has 1 aliphatic rings. The summed E-state index contributed by atoms with van der Waals surface area (Å²) < 4.78 is 1.91. The average molecular weight is 295 g/mol. The summed E-state index contributed by atoms with van der Waals surface area (Å²) in [7, 11) is 0. The number of anilines is 1. The van der Waals surface area contributed by atoms with Gasteiger partial charge in [-0.3, -0.25) is 0 Å². The third-order valence-corrected chi connectivity index (χ3v) is 4.13. The van der Waals surface area contributed by atoms with E-state index in [0.29, 0.717) is 4.83 Å². The van der Waals surface area contributed by atoms with Crippen molar-refractivity contribution in [3.63, 3.8) is 0 Å². The van der Waals surface area contributed by atoms with Crippen LogP contribution in [0.5, 0.6) is 0 Å². The van der Waals surface area contributed by atoms with Gasteiger partial charge in [0.1, 0.15) is 5.52 Å². The van der Waals surface area contributed by atoms with Gasteiger partial charge in [-0.1, -0.05) is 15.9 Å². The number of alkyl halides is 1. The van der Waals surface area contributed by atoms with Crippen molar-refractivity contribution in [2.24, 2.45) is 0 Å². The van der Waals surface area contributed by atoms with Crippen molar-refractivity contribution in [2.45, 2.75) is 24.6 Å². The van der Waals surface area contributed by atoms with Crippen LogP contribution in [0.25, 0.3) is 5.52 Å². The Morgan fingerprint density at radius 1 is 1.35 bits per heavy atom. The monoisotopic (exact) mass is 294 g/mol. The Morgan fingerprint density at radius 2 is 2.12 bits per heavy atom. The number of halogens is 1. The number of aromatic nitrogens is 3. The van der Waals surface area contributed by atoms with Gasteiger partial charge in [0, 0.05) is 30.3 Å². The van der Waals surface area contributed by atoms with Gasteiger partial charge in [0.2, 0.25) is 0 Å². The van der Waals surface area contributed by atoms with Gasteiger partial charge >= 0.3 is 0 Å². The predicted octanol–water partition coefficient (Wildman–Crippen LogP) is 2.40. The molecule has 0 atom stereocenters. The van der Waals surface area contributed by atoms with E-state index in [-0.39, 0.29) is 0 Å². The third kappa shape index (κ3) is 2.04. The number of aryl methyl sites for hydroxylation is 1. The summed E-state index contributed by atoms with van der Waals surface area (Å²) in [5, 5.41) is 4.42. The van der Waals surface area contributed by atoms with Gasteiger partial charge in [0.15, 0.2) is 5.82 Å². The van der Waals surface area contributed by atoms with E-state index in [2.05, 4.69) is 37.0 Å². The summed E-state index contributed by atoms with van der Waals surface area (Å²) in [4.78, 5) is 7.53. The van der Waals surface area contributed by atoms with Crippen LogP contribution in [-0.2, 0) is 0 Å². The highest BCUT2D eigenvalue weighted by molar-refractivity contribution is 9.09. The molecule has 4 nitrogen and oxygen atoms in total. The molecule has 1 fully saturated rings. The lowest BCUT2D eigenvalue weighted by Gasteiger charge is -2.30. The van der Waals surface area contributed by atoms with Crippen molar-refractivity contribution in [3.05, 3.63) is 24.2 Å². The van der Waals surface area contributed by atoms with Gasteiger partial charge in [-0.25, -0.2) is 9.50 Å². The maximum Gasteiger partial charge on any atom is 0.154 e. The second-order valence-electron chi connectivity index (χ2n) is 4.53. The van der Waals surface area contributed by atoms with Crippen molar-refractivity contribution in [1.29, 1.82) is 0 Å². The van der Waals surface area contributed by atoms with Crippen molar-refractivity contribution in [2.75, 3.05) is 18.0 Å². The molecule has 0 saturated carbocycles. The fraction of sp³-hybridized carbons (Fsp3) is 0.500. The van der Waals surface area contributed by atoms with E-state index in [9.17, 15) is 0 Å². The van der Waals surface area contributed by atoms with E-state index in [1.165, 1.54) is 12.8 Å². The number of fused-ring (bicyclic) bond motifs is 1. The Balaban J connectivity index is 1.99.